The van der Waals surface area contributed by atoms with Crippen LogP contribution >= 0.6 is 0 Å². The van der Waals surface area contributed by atoms with E-state index in [0.717, 1.165) is 23.6 Å². The summed E-state index contributed by atoms with van der Waals surface area (Å²) < 4.78 is 47.7. The van der Waals surface area contributed by atoms with Crippen LogP contribution in [0.15, 0.2) is 11.6 Å². The maximum atomic E-state index is 15.4. The maximum Gasteiger partial charge on any atom is 0.304 e. The van der Waals surface area contributed by atoms with Gasteiger partial charge in [-0.2, -0.15) is 12.7 Å². The molecule has 0 bridgehead atoms. The summed E-state index contributed by atoms with van der Waals surface area (Å²) in [4.78, 5) is 11.5. The van der Waals surface area contributed by atoms with Crippen LogP contribution in [0.5, 0.6) is 0 Å². The summed E-state index contributed by atoms with van der Waals surface area (Å²) in [5.41, 5.74) is 1.32. The van der Waals surface area contributed by atoms with Crippen molar-refractivity contribution >= 4 is 16.1 Å². The Morgan fingerprint density at radius 3 is 2.77 bits per heavy atom. The SMILES string of the molecule is O=C1CN(C2C(O)CC3CCC(C4=CCOCC4)CC3C2F)S(=O)(=O)N1. The Labute approximate surface area is 152 Å². The summed E-state index contributed by atoms with van der Waals surface area (Å²) in [7, 11) is -4.07. The van der Waals surface area contributed by atoms with Crippen molar-refractivity contribution < 1.29 is 27.4 Å². The molecule has 2 heterocycles. The van der Waals surface area contributed by atoms with Crippen LogP contribution in [-0.4, -0.2) is 61.8 Å². The van der Waals surface area contributed by atoms with Crippen LogP contribution in [0.25, 0.3) is 0 Å². The zero-order valence-electron chi connectivity index (χ0n) is 14.5. The molecule has 2 saturated carbocycles. The normalized spacial score (nSPS) is 43.5. The van der Waals surface area contributed by atoms with Crippen molar-refractivity contribution in [2.75, 3.05) is 19.8 Å². The van der Waals surface area contributed by atoms with Gasteiger partial charge >= 0.3 is 10.2 Å². The van der Waals surface area contributed by atoms with Crippen LogP contribution in [0.3, 0.4) is 0 Å². The molecule has 4 rings (SSSR count). The number of nitrogens with one attached hydrogen (secondary N) is 1. The second kappa shape index (κ2) is 6.85. The topological polar surface area (TPSA) is 95.9 Å². The lowest BCUT2D eigenvalue weighted by Gasteiger charge is -2.48. The van der Waals surface area contributed by atoms with Crippen LogP contribution in [-0.2, 0) is 19.7 Å². The van der Waals surface area contributed by atoms with Gasteiger partial charge in [0.15, 0.2) is 0 Å². The van der Waals surface area contributed by atoms with Crippen LogP contribution in [0, 0.1) is 17.8 Å². The Bertz CT molecular complexity index is 712. The zero-order valence-corrected chi connectivity index (χ0v) is 15.3. The molecule has 2 aliphatic heterocycles. The Morgan fingerprint density at radius 2 is 2.12 bits per heavy atom. The monoisotopic (exact) mass is 388 g/mol. The summed E-state index contributed by atoms with van der Waals surface area (Å²) in [6, 6.07) is -1.19. The van der Waals surface area contributed by atoms with Crippen LogP contribution < -0.4 is 4.72 Å². The first-order valence-corrected chi connectivity index (χ1v) is 10.7. The van der Waals surface area contributed by atoms with E-state index >= 15 is 4.39 Å². The minimum Gasteiger partial charge on any atom is -0.391 e. The number of fused-ring (bicyclic) bond motifs is 1. The highest BCUT2D eigenvalue weighted by atomic mass is 32.2. The van der Waals surface area contributed by atoms with Crippen molar-refractivity contribution in [2.45, 2.75) is 50.4 Å². The van der Waals surface area contributed by atoms with Crippen molar-refractivity contribution in [3.63, 3.8) is 0 Å². The first kappa shape index (κ1) is 18.3. The van der Waals surface area contributed by atoms with Gasteiger partial charge in [0.05, 0.1) is 31.9 Å². The van der Waals surface area contributed by atoms with E-state index in [9.17, 15) is 18.3 Å². The first-order valence-electron chi connectivity index (χ1n) is 9.28. The lowest BCUT2D eigenvalue weighted by molar-refractivity contribution is -0.119. The molecular weight excluding hydrogens is 363 g/mol. The van der Waals surface area contributed by atoms with E-state index in [2.05, 4.69) is 6.08 Å². The number of hydrogen-bond donors (Lipinski definition) is 2. The van der Waals surface area contributed by atoms with Gasteiger partial charge in [-0.15, -0.1) is 0 Å². The number of alkyl halides is 1. The van der Waals surface area contributed by atoms with Crippen LogP contribution in [0.4, 0.5) is 4.39 Å². The number of carbonyl (C=O) groups excluding carboxylic acids is 1. The van der Waals surface area contributed by atoms with Gasteiger partial charge in [0, 0.05) is 0 Å². The Hall–Kier alpha value is -1.03. The Morgan fingerprint density at radius 1 is 1.31 bits per heavy atom. The molecule has 0 radical (unpaired) electrons. The summed E-state index contributed by atoms with van der Waals surface area (Å²) in [5.74, 6) is -0.622. The highest BCUT2D eigenvalue weighted by Crippen LogP contribution is 2.48. The van der Waals surface area contributed by atoms with Gasteiger partial charge in [-0.3, -0.25) is 4.79 Å². The molecule has 26 heavy (non-hydrogen) atoms. The highest BCUT2D eigenvalue weighted by molar-refractivity contribution is 7.88. The fraction of sp³-hybridized carbons (Fsp3) is 0.824. The molecule has 1 saturated heterocycles. The largest absolute Gasteiger partial charge is 0.391 e. The third kappa shape index (κ3) is 3.19. The summed E-state index contributed by atoms with van der Waals surface area (Å²) in [6.07, 6.45) is 3.23. The summed E-state index contributed by atoms with van der Waals surface area (Å²) in [6.45, 7) is 0.866. The van der Waals surface area contributed by atoms with E-state index < -0.39 is 41.0 Å². The number of amides is 1. The van der Waals surface area contributed by atoms with Crippen molar-refractivity contribution in [1.82, 2.24) is 9.03 Å². The molecule has 2 N–H and O–H groups in total. The molecule has 146 valence electrons. The number of halogens is 1. The van der Waals surface area contributed by atoms with E-state index in [-0.39, 0.29) is 11.8 Å². The number of aliphatic hydroxyl groups is 1. The number of hydrogen-bond acceptors (Lipinski definition) is 5. The zero-order chi connectivity index (χ0) is 18.5. The number of rotatable bonds is 2. The number of aliphatic hydroxyl groups excluding tert-OH is 1. The second-order valence-corrected chi connectivity index (χ2v) is 9.47. The summed E-state index contributed by atoms with van der Waals surface area (Å²) >= 11 is 0. The predicted molar refractivity (Wildman–Crippen MR) is 90.9 cm³/mol. The Balaban J connectivity index is 1.55. The quantitative estimate of drug-likeness (QED) is 0.672. The first-order chi connectivity index (χ1) is 12.4. The molecule has 0 spiro atoms. The van der Waals surface area contributed by atoms with Gasteiger partial charge < -0.3 is 9.84 Å². The van der Waals surface area contributed by atoms with Gasteiger partial charge in [0.25, 0.3) is 0 Å². The predicted octanol–water partition coefficient (Wildman–Crippen LogP) is 0.513. The van der Waals surface area contributed by atoms with Crippen molar-refractivity contribution in [3.8, 4) is 0 Å². The molecule has 4 aliphatic rings. The standard InChI is InChI=1S/C17H25FN2O5S/c18-16-13-7-11(10-3-5-25-6-4-10)1-2-12(13)8-14(21)17(16)20-9-15(22)19-26(20,23)24/h3,11-14,16-17,21H,1-2,4-9H2,(H,19,22). The van der Waals surface area contributed by atoms with Gasteiger partial charge in [-0.25, -0.2) is 9.11 Å². The number of carbonyl (C=O) groups is 1. The van der Waals surface area contributed by atoms with E-state index in [1.54, 1.807) is 0 Å². The minimum absolute atomic E-state index is 0.0573. The smallest absolute Gasteiger partial charge is 0.304 e. The van der Waals surface area contributed by atoms with Gasteiger partial charge in [0.1, 0.15) is 6.17 Å². The molecule has 0 aromatic carbocycles. The van der Waals surface area contributed by atoms with Gasteiger partial charge in [-0.05, 0) is 49.9 Å². The third-order valence-corrected chi connectivity index (χ3v) is 7.90. The molecule has 3 fully saturated rings. The molecule has 6 unspecified atom stereocenters. The lowest BCUT2D eigenvalue weighted by Crippen LogP contribution is -2.58. The van der Waals surface area contributed by atoms with Crippen molar-refractivity contribution in [1.29, 1.82) is 0 Å². The third-order valence-electron chi connectivity index (χ3n) is 6.43. The van der Waals surface area contributed by atoms with Crippen molar-refractivity contribution in [2.24, 2.45) is 17.8 Å². The minimum atomic E-state index is -4.07. The number of ether oxygens (including phenoxy) is 1. The fourth-order valence-electron chi connectivity index (χ4n) is 5.19. The summed E-state index contributed by atoms with van der Waals surface area (Å²) in [5, 5.41) is 10.5. The van der Waals surface area contributed by atoms with Crippen LogP contribution in [0.1, 0.15) is 32.1 Å². The average Bonchev–Trinajstić information content (AvgIpc) is 2.88. The second-order valence-electron chi connectivity index (χ2n) is 7.85. The van der Waals surface area contributed by atoms with E-state index in [0.29, 0.717) is 32.0 Å². The lowest BCUT2D eigenvalue weighted by atomic mass is 9.63. The molecular formula is C17H25FN2O5S. The van der Waals surface area contributed by atoms with E-state index in [1.807, 2.05) is 4.72 Å². The van der Waals surface area contributed by atoms with Gasteiger partial charge in [0.2, 0.25) is 5.91 Å². The van der Waals surface area contributed by atoms with E-state index in [1.165, 1.54) is 5.57 Å². The van der Waals surface area contributed by atoms with Gasteiger partial charge in [-0.1, -0.05) is 11.6 Å². The molecule has 6 atom stereocenters. The molecule has 0 aromatic rings. The average molecular weight is 388 g/mol. The molecule has 0 aromatic heterocycles. The van der Waals surface area contributed by atoms with Crippen LogP contribution in [0.2, 0.25) is 0 Å². The van der Waals surface area contributed by atoms with E-state index in [4.69, 9.17) is 4.74 Å². The van der Waals surface area contributed by atoms with Crippen molar-refractivity contribution in [3.05, 3.63) is 11.6 Å². The Kier molecular flexibility index (Phi) is 4.83. The molecule has 9 heteroatoms. The molecule has 1 amide bonds. The highest BCUT2D eigenvalue weighted by Gasteiger charge is 2.53. The molecule has 7 nitrogen and oxygen atoms in total. The fourth-order valence-corrected chi connectivity index (χ4v) is 6.53. The molecule has 2 aliphatic carbocycles. The number of nitrogens with zero attached hydrogens (tertiary/aromatic N) is 1. The maximum absolute atomic E-state index is 15.4.